The zero-order chi connectivity index (χ0) is 22.9. The third-order valence-corrected chi connectivity index (χ3v) is 5.34. The van der Waals surface area contributed by atoms with Crippen LogP contribution in [-0.4, -0.2) is 34.3 Å². The molecule has 0 aliphatic rings. The van der Waals surface area contributed by atoms with Gasteiger partial charge in [-0.3, -0.25) is 14.2 Å². The highest BCUT2D eigenvalue weighted by Crippen LogP contribution is 2.33. The molecule has 0 saturated heterocycles. The number of aliphatic hydroxyl groups is 1. The largest absolute Gasteiger partial charge is 0.481 e. The molecule has 0 saturated carbocycles. The monoisotopic (exact) mass is 441 g/mol. The minimum absolute atomic E-state index is 0.214. The first-order chi connectivity index (χ1) is 16.1. The van der Waals surface area contributed by atoms with Crippen molar-refractivity contribution >= 4 is 33.7 Å². The van der Waals surface area contributed by atoms with Gasteiger partial charge in [0.1, 0.15) is 17.7 Å². The van der Waals surface area contributed by atoms with Crippen LogP contribution in [0.3, 0.4) is 0 Å². The summed E-state index contributed by atoms with van der Waals surface area (Å²) in [5.74, 6) is 0.0180. The van der Waals surface area contributed by atoms with E-state index in [1.165, 1.54) is 6.07 Å². The second-order valence-corrected chi connectivity index (χ2v) is 7.38. The Bertz CT molecular complexity index is 1530. The molecule has 0 bridgehead atoms. The second-order valence-electron chi connectivity index (χ2n) is 7.38. The van der Waals surface area contributed by atoms with E-state index in [4.69, 9.17) is 14.3 Å². The van der Waals surface area contributed by atoms with E-state index in [2.05, 4.69) is 10.3 Å². The summed E-state index contributed by atoms with van der Waals surface area (Å²) < 4.78 is 12.7. The Labute approximate surface area is 187 Å². The third-order valence-electron chi connectivity index (χ3n) is 5.34. The van der Waals surface area contributed by atoms with Crippen molar-refractivity contribution in [2.24, 2.45) is 0 Å². The van der Waals surface area contributed by atoms with Crippen LogP contribution in [0.2, 0.25) is 0 Å². The molecule has 3 heterocycles. The van der Waals surface area contributed by atoms with Crippen LogP contribution in [0.4, 0.5) is 5.69 Å². The van der Waals surface area contributed by atoms with Crippen molar-refractivity contribution in [1.82, 2.24) is 9.55 Å². The van der Waals surface area contributed by atoms with Crippen LogP contribution in [0.5, 0.6) is 5.88 Å². The first kappa shape index (κ1) is 20.5. The van der Waals surface area contributed by atoms with Gasteiger partial charge in [0.2, 0.25) is 11.8 Å². The Morgan fingerprint density at radius 1 is 1.03 bits per heavy atom. The summed E-state index contributed by atoms with van der Waals surface area (Å²) >= 11 is 0. The van der Waals surface area contributed by atoms with E-state index in [-0.39, 0.29) is 5.56 Å². The molecule has 5 rings (SSSR count). The summed E-state index contributed by atoms with van der Waals surface area (Å²) in [7, 11) is 1.57. The van der Waals surface area contributed by atoms with Crippen LogP contribution in [0, 0.1) is 0 Å². The van der Waals surface area contributed by atoms with Gasteiger partial charge in [-0.15, -0.1) is 0 Å². The minimum atomic E-state index is -0.604. The number of ether oxygens (including phenoxy) is 1. The fraction of sp³-hybridized carbons (Fsp3) is 0.0800. The normalized spacial score (nSPS) is 11.1. The van der Waals surface area contributed by atoms with E-state index in [1.807, 2.05) is 24.3 Å². The predicted octanol–water partition coefficient (Wildman–Crippen LogP) is 3.74. The van der Waals surface area contributed by atoms with Crippen molar-refractivity contribution in [3.8, 4) is 22.7 Å². The smallest absolute Gasteiger partial charge is 0.255 e. The molecule has 33 heavy (non-hydrogen) atoms. The van der Waals surface area contributed by atoms with Crippen LogP contribution in [-0.2, 0) is 4.79 Å². The Kier molecular flexibility index (Phi) is 5.12. The van der Waals surface area contributed by atoms with Gasteiger partial charge in [-0.25, -0.2) is 4.98 Å². The van der Waals surface area contributed by atoms with Crippen LogP contribution in [0.1, 0.15) is 0 Å². The van der Waals surface area contributed by atoms with E-state index in [0.29, 0.717) is 33.9 Å². The van der Waals surface area contributed by atoms with Gasteiger partial charge in [-0.2, -0.15) is 0 Å². The molecular formula is C25H19N3O5. The summed E-state index contributed by atoms with van der Waals surface area (Å²) in [6, 6.07) is 19.4. The molecule has 8 heteroatoms. The van der Waals surface area contributed by atoms with Crippen molar-refractivity contribution in [2.45, 2.75) is 0 Å². The van der Waals surface area contributed by atoms with E-state index < -0.39 is 12.5 Å². The predicted molar refractivity (Wildman–Crippen MR) is 125 cm³/mol. The highest BCUT2D eigenvalue weighted by molar-refractivity contribution is 6.05. The topological polar surface area (TPSA) is 107 Å². The van der Waals surface area contributed by atoms with Gasteiger partial charge in [-0.1, -0.05) is 6.07 Å². The summed E-state index contributed by atoms with van der Waals surface area (Å²) in [5.41, 5.74) is 4.62. The van der Waals surface area contributed by atoms with Crippen LogP contribution in [0.25, 0.3) is 38.9 Å². The third kappa shape index (κ3) is 3.72. The zero-order valence-electron chi connectivity index (χ0n) is 17.6. The van der Waals surface area contributed by atoms with E-state index in [9.17, 15) is 9.59 Å². The number of rotatable bonds is 5. The molecule has 5 aromatic rings. The van der Waals surface area contributed by atoms with Crippen LogP contribution < -0.4 is 15.6 Å². The quantitative estimate of drug-likeness (QED) is 0.430. The van der Waals surface area contributed by atoms with Crippen LogP contribution in [0.15, 0.2) is 82.1 Å². The van der Waals surface area contributed by atoms with Gasteiger partial charge in [0.25, 0.3) is 5.56 Å². The number of nitrogens with zero attached hydrogens (tertiary/aromatic N) is 2. The fourth-order valence-electron chi connectivity index (χ4n) is 3.78. The molecule has 0 aliphatic carbocycles. The number of fused-ring (bicyclic) bond motifs is 3. The van der Waals surface area contributed by atoms with Gasteiger partial charge in [-0.05, 0) is 54.1 Å². The Hall–Kier alpha value is -4.43. The molecule has 2 aromatic carbocycles. The maximum absolute atomic E-state index is 12.9. The molecular weight excluding hydrogens is 422 g/mol. The van der Waals surface area contributed by atoms with Crippen molar-refractivity contribution in [3.05, 3.63) is 83.3 Å². The van der Waals surface area contributed by atoms with Gasteiger partial charge in [0.05, 0.1) is 7.11 Å². The van der Waals surface area contributed by atoms with Crippen molar-refractivity contribution < 1.29 is 19.1 Å². The average Bonchev–Trinajstić information content (AvgIpc) is 3.22. The standard InChI is InChI=1S/C25H19N3O5/c1-32-23-10-3-16(13-26-23)15-2-8-20-19(12-15)25-21(33-20)9-11-24(31)28(25)18-6-4-17(5-7-18)27-22(30)14-29/h2-13,29H,14H2,1H3,(H,27,30). The highest BCUT2D eigenvalue weighted by atomic mass is 16.5. The summed E-state index contributed by atoms with van der Waals surface area (Å²) in [6.45, 7) is -0.604. The number of amides is 1. The average molecular weight is 441 g/mol. The summed E-state index contributed by atoms with van der Waals surface area (Å²) in [6.07, 6.45) is 1.73. The number of methoxy groups -OCH3 is 1. The van der Waals surface area contributed by atoms with Gasteiger partial charge in [0, 0.05) is 40.7 Å². The number of benzene rings is 2. The fourth-order valence-corrected chi connectivity index (χ4v) is 3.78. The number of carbonyl (C=O) groups excluding carboxylic acids is 1. The molecule has 0 spiro atoms. The number of hydrogen-bond acceptors (Lipinski definition) is 6. The number of aromatic nitrogens is 2. The van der Waals surface area contributed by atoms with Gasteiger partial charge >= 0.3 is 0 Å². The summed E-state index contributed by atoms with van der Waals surface area (Å²) in [4.78, 5) is 28.6. The van der Waals surface area contributed by atoms with E-state index in [0.717, 1.165) is 16.5 Å². The number of pyridine rings is 2. The Morgan fingerprint density at radius 2 is 1.79 bits per heavy atom. The lowest BCUT2D eigenvalue weighted by Gasteiger charge is -2.09. The number of nitrogens with one attached hydrogen (secondary N) is 1. The number of aliphatic hydroxyl groups excluding tert-OH is 1. The molecule has 2 N–H and O–H groups in total. The summed E-state index contributed by atoms with van der Waals surface area (Å²) in [5, 5.41) is 12.3. The zero-order valence-corrected chi connectivity index (χ0v) is 17.6. The van der Waals surface area contributed by atoms with Gasteiger partial charge in [0.15, 0.2) is 5.58 Å². The van der Waals surface area contributed by atoms with Gasteiger partial charge < -0.3 is 19.6 Å². The molecule has 164 valence electrons. The molecule has 1 amide bonds. The van der Waals surface area contributed by atoms with Crippen molar-refractivity contribution in [2.75, 3.05) is 19.0 Å². The number of carbonyl (C=O) groups is 1. The Morgan fingerprint density at radius 3 is 2.48 bits per heavy atom. The minimum Gasteiger partial charge on any atom is -0.481 e. The number of anilines is 1. The molecule has 3 aromatic heterocycles. The molecule has 0 atom stereocenters. The number of furan rings is 1. The molecule has 8 nitrogen and oxygen atoms in total. The van der Waals surface area contributed by atoms with Crippen LogP contribution >= 0.6 is 0 Å². The lowest BCUT2D eigenvalue weighted by Crippen LogP contribution is -2.17. The highest BCUT2D eigenvalue weighted by Gasteiger charge is 2.15. The molecule has 0 aliphatic heterocycles. The Balaban J connectivity index is 1.66. The molecule has 0 fully saturated rings. The van der Waals surface area contributed by atoms with E-state index in [1.54, 1.807) is 54.3 Å². The lowest BCUT2D eigenvalue weighted by molar-refractivity contribution is -0.118. The maximum atomic E-state index is 12.9. The second kappa shape index (κ2) is 8.25. The maximum Gasteiger partial charge on any atom is 0.255 e. The first-order valence-corrected chi connectivity index (χ1v) is 10.2. The SMILES string of the molecule is COc1ccc(-c2ccc3oc4ccc(=O)n(-c5ccc(NC(=O)CO)cc5)c4c3c2)cn1. The number of hydrogen-bond donors (Lipinski definition) is 2. The molecule has 0 radical (unpaired) electrons. The van der Waals surface area contributed by atoms with Crippen molar-refractivity contribution in [3.63, 3.8) is 0 Å². The van der Waals surface area contributed by atoms with E-state index >= 15 is 0 Å². The van der Waals surface area contributed by atoms with Crippen molar-refractivity contribution in [1.29, 1.82) is 0 Å². The first-order valence-electron chi connectivity index (χ1n) is 10.2. The molecule has 0 unspecified atom stereocenters. The lowest BCUT2D eigenvalue weighted by atomic mass is 10.1.